The van der Waals surface area contributed by atoms with Gasteiger partial charge in [0.2, 0.25) is 0 Å². The first kappa shape index (κ1) is 16.3. The van der Waals surface area contributed by atoms with Crippen molar-refractivity contribution in [3.8, 4) is 0 Å². The van der Waals surface area contributed by atoms with Gasteiger partial charge in [-0.1, -0.05) is 20.8 Å². The van der Waals surface area contributed by atoms with Gasteiger partial charge >= 0.3 is 0 Å². The van der Waals surface area contributed by atoms with Gasteiger partial charge in [0.1, 0.15) is 0 Å². The van der Waals surface area contributed by atoms with Crippen LogP contribution in [0.25, 0.3) is 0 Å². The zero-order valence-corrected chi connectivity index (χ0v) is 14.1. The molecule has 4 atom stereocenters. The van der Waals surface area contributed by atoms with Crippen LogP contribution in [0, 0.1) is 17.3 Å². The van der Waals surface area contributed by atoms with Crippen molar-refractivity contribution in [1.82, 2.24) is 10.2 Å². The van der Waals surface area contributed by atoms with Gasteiger partial charge in [-0.25, -0.2) is 0 Å². The maximum atomic E-state index is 5.54. The van der Waals surface area contributed by atoms with E-state index in [-0.39, 0.29) is 0 Å². The maximum absolute atomic E-state index is 5.54. The minimum absolute atomic E-state index is 0.450. The van der Waals surface area contributed by atoms with Crippen LogP contribution in [0.5, 0.6) is 0 Å². The van der Waals surface area contributed by atoms with Crippen molar-refractivity contribution in [2.75, 3.05) is 33.9 Å². The van der Waals surface area contributed by atoms with Crippen molar-refractivity contribution in [1.29, 1.82) is 0 Å². The Morgan fingerprint density at radius 2 is 1.95 bits per heavy atom. The molecule has 0 aromatic rings. The summed E-state index contributed by atoms with van der Waals surface area (Å²) in [7, 11) is 4.42. The minimum atomic E-state index is 0.450. The largest absolute Gasteiger partial charge is 0.380 e. The van der Waals surface area contributed by atoms with Crippen molar-refractivity contribution >= 4 is 0 Å². The number of nitrogens with zero attached hydrogens (tertiary/aromatic N) is 1. The molecule has 2 fully saturated rings. The van der Waals surface area contributed by atoms with Gasteiger partial charge in [-0.05, 0) is 57.0 Å². The molecule has 1 heterocycles. The van der Waals surface area contributed by atoms with E-state index in [1.807, 2.05) is 0 Å². The van der Waals surface area contributed by atoms with E-state index in [1.165, 1.54) is 32.2 Å². The third-order valence-electron chi connectivity index (χ3n) is 5.63. The average molecular weight is 282 g/mol. The Morgan fingerprint density at radius 3 is 2.50 bits per heavy atom. The van der Waals surface area contributed by atoms with Crippen molar-refractivity contribution < 1.29 is 4.74 Å². The fourth-order valence-electron chi connectivity index (χ4n) is 4.02. The molecule has 1 N–H and O–H groups in total. The summed E-state index contributed by atoms with van der Waals surface area (Å²) in [6.07, 6.45) is 5.28. The van der Waals surface area contributed by atoms with Gasteiger partial charge in [0.25, 0.3) is 0 Å². The Balaban J connectivity index is 1.94. The van der Waals surface area contributed by atoms with Gasteiger partial charge in [0.05, 0.1) is 6.61 Å². The van der Waals surface area contributed by atoms with E-state index in [9.17, 15) is 0 Å². The Hall–Kier alpha value is -0.120. The van der Waals surface area contributed by atoms with Crippen LogP contribution in [0.1, 0.15) is 46.5 Å². The summed E-state index contributed by atoms with van der Waals surface area (Å²) in [5.74, 6) is 1.65. The second-order valence-corrected chi connectivity index (χ2v) is 7.99. The number of rotatable bonds is 4. The fourth-order valence-corrected chi connectivity index (χ4v) is 4.02. The lowest BCUT2D eigenvalue weighted by molar-refractivity contribution is 0.0809. The zero-order chi connectivity index (χ0) is 14.8. The lowest BCUT2D eigenvalue weighted by Crippen LogP contribution is -2.47. The first-order chi connectivity index (χ1) is 9.41. The molecule has 3 nitrogen and oxygen atoms in total. The molecule has 1 saturated carbocycles. The Morgan fingerprint density at radius 1 is 1.20 bits per heavy atom. The normalized spacial score (nSPS) is 35.7. The minimum Gasteiger partial charge on any atom is -0.380 e. The van der Waals surface area contributed by atoms with Crippen LogP contribution in [0.2, 0.25) is 0 Å². The van der Waals surface area contributed by atoms with Crippen LogP contribution in [-0.4, -0.2) is 50.8 Å². The number of hydrogen-bond donors (Lipinski definition) is 1. The SMILES string of the molecule is CNC1CCC(C(C)(C)C)CC1CN(C)C1CCOC1. The highest BCUT2D eigenvalue weighted by Crippen LogP contribution is 2.40. The van der Waals surface area contributed by atoms with Crippen LogP contribution in [0.4, 0.5) is 0 Å². The maximum Gasteiger partial charge on any atom is 0.0622 e. The molecular weight excluding hydrogens is 248 g/mol. The van der Waals surface area contributed by atoms with Crippen LogP contribution in [-0.2, 0) is 4.74 Å². The van der Waals surface area contributed by atoms with Gasteiger partial charge in [-0.2, -0.15) is 0 Å². The van der Waals surface area contributed by atoms with E-state index >= 15 is 0 Å². The summed E-state index contributed by atoms with van der Waals surface area (Å²) < 4.78 is 5.54. The third kappa shape index (κ3) is 3.96. The molecule has 118 valence electrons. The highest BCUT2D eigenvalue weighted by molar-refractivity contribution is 4.90. The Kier molecular flexibility index (Phi) is 5.49. The van der Waals surface area contributed by atoms with Crippen LogP contribution in [0.3, 0.4) is 0 Å². The monoisotopic (exact) mass is 282 g/mol. The van der Waals surface area contributed by atoms with Crippen LogP contribution in [0.15, 0.2) is 0 Å². The average Bonchev–Trinajstić information content (AvgIpc) is 2.91. The molecule has 0 amide bonds. The molecule has 2 rings (SSSR count). The second kappa shape index (κ2) is 6.76. The highest BCUT2D eigenvalue weighted by atomic mass is 16.5. The first-order valence-electron chi connectivity index (χ1n) is 8.37. The molecule has 1 aliphatic heterocycles. The molecule has 0 bridgehead atoms. The molecule has 0 spiro atoms. The molecule has 20 heavy (non-hydrogen) atoms. The van der Waals surface area contributed by atoms with E-state index < -0.39 is 0 Å². The van der Waals surface area contributed by atoms with Crippen LogP contribution < -0.4 is 5.32 Å². The molecule has 1 saturated heterocycles. The van der Waals surface area contributed by atoms with E-state index in [2.05, 4.69) is 45.1 Å². The lowest BCUT2D eigenvalue weighted by Gasteiger charge is -2.43. The summed E-state index contributed by atoms with van der Waals surface area (Å²) in [5, 5.41) is 3.56. The molecule has 4 unspecified atom stereocenters. The molecule has 2 aliphatic rings. The zero-order valence-electron chi connectivity index (χ0n) is 14.1. The second-order valence-electron chi connectivity index (χ2n) is 7.99. The summed E-state index contributed by atoms with van der Waals surface area (Å²) in [5.41, 5.74) is 0.450. The topological polar surface area (TPSA) is 24.5 Å². The summed E-state index contributed by atoms with van der Waals surface area (Å²) in [6, 6.07) is 1.33. The van der Waals surface area contributed by atoms with Gasteiger partial charge in [0, 0.05) is 25.2 Å². The fraction of sp³-hybridized carbons (Fsp3) is 1.00. The number of nitrogens with one attached hydrogen (secondary N) is 1. The van der Waals surface area contributed by atoms with Crippen LogP contribution >= 0.6 is 0 Å². The molecule has 0 radical (unpaired) electrons. The molecule has 3 heteroatoms. The lowest BCUT2D eigenvalue weighted by atomic mass is 9.67. The summed E-state index contributed by atoms with van der Waals surface area (Å²) >= 11 is 0. The van der Waals surface area contributed by atoms with E-state index in [0.29, 0.717) is 17.5 Å². The van der Waals surface area contributed by atoms with Gasteiger partial charge < -0.3 is 15.0 Å². The van der Waals surface area contributed by atoms with Gasteiger partial charge in [-0.15, -0.1) is 0 Å². The summed E-state index contributed by atoms with van der Waals surface area (Å²) in [4.78, 5) is 2.55. The summed E-state index contributed by atoms with van der Waals surface area (Å²) in [6.45, 7) is 10.3. The number of likely N-dealkylation sites (N-methyl/N-ethyl adjacent to an activating group) is 1. The van der Waals surface area contributed by atoms with E-state index in [4.69, 9.17) is 4.74 Å². The third-order valence-corrected chi connectivity index (χ3v) is 5.63. The van der Waals surface area contributed by atoms with Crippen molar-refractivity contribution in [2.45, 2.75) is 58.5 Å². The Bertz CT molecular complexity index is 294. The predicted molar refractivity (Wildman–Crippen MR) is 85.0 cm³/mol. The van der Waals surface area contributed by atoms with E-state index in [1.54, 1.807) is 0 Å². The first-order valence-corrected chi connectivity index (χ1v) is 8.37. The van der Waals surface area contributed by atoms with Crippen molar-refractivity contribution in [3.05, 3.63) is 0 Å². The van der Waals surface area contributed by atoms with Crippen molar-refractivity contribution in [3.63, 3.8) is 0 Å². The molecule has 0 aromatic carbocycles. The smallest absolute Gasteiger partial charge is 0.0622 e. The van der Waals surface area contributed by atoms with Crippen molar-refractivity contribution in [2.24, 2.45) is 17.3 Å². The van der Waals surface area contributed by atoms with E-state index in [0.717, 1.165) is 25.0 Å². The Labute approximate surface area is 125 Å². The quantitative estimate of drug-likeness (QED) is 0.858. The van der Waals surface area contributed by atoms with Gasteiger partial charge in [0.15, 0.2) is 0 Å². The number of ether oxygens (including phenoxy) is 1. The standard InChI is InChI=1S/C17H34N2O/c1-17(2,3)14-6-7-16(18-4)13(10-14)11-19(5)15-8-9-20-12-15/h13-16,18H,6-12H2,1-5H3. The molecule has 0 aromatic heterocycles. The highest BCUT2D eigenvalue weighted by Gasteiger charge is 2.36. The number of hydrogen-bond acceptors (Lipinski definition) is 3. The molecular formula is C17H34N2O. The predicted octanol–water partition coefficient (Wildman–Crippen LogP) is 2.76. The van der Waals surface area contributed by atoms with Gasteiger partial charge in [-0.3, -0.25) is 0 Å². The molecule has 1 aliphatic carbocycles.